The van der Waals surface area contributed by atoms with Gasteiger partial charge in [0.2, 0.25) is 10.0 Å². The van der Waals surface area contributed by atoms with Crippen LogP contribution in [0.1, 0.15) is 35.2 Å². The Morgan fingerprint density at radius 3 is 2.35 bits per heavy atom. The average molecular weight is 476 g/mol. The SMILES string of the molecule is Cc1cc([C@H](C)Nc2ccccc2S(N)(=O)=O)c2nc(N3Cc4ccccc4C3)cc(=O)n2c1. The number of anilines is 2. The van der Waals surface area contributed by atoms with Crippen molar-refractivity contribution in [2.75, 3.05) is 10.2 Å². The monoisotopic (exact) mass is 475 g/mol. The molecule has 174 valence electrons. The summed E-state index contributed by atoms with van der Waals surface area (Å²) in [4.78, 5) is 20.1. The number of benzene rings is 2. The molecule has 0 fully saturated rings. The number of aromatic nitrogens is 2. The quantitative estimate of drug-likeness (QED) is 0.458. The fourth-order valence-corrected chi connectivity index (χ4v) is 5.18. The number of aryl methyl sites for hydroxylation is 1. The number of pyridine rings is 1. The molecule has 0 amide bonds. The van der Waals surface area contributed by atoms with Gasteiger partial charge in [-0.2, -0.15) is 0 Å². The Morgan fingerprint density at radius 2 is 1.68 bits per heavy atom. The molecule has 4 aromatic rings. The van der Waals surface area contributed by atoms with Crippen LogP contribution < -0.4 is 20.9 Å². The second kappa shape index (κ2) is 8.27. The number of hydrogen-bond donors (Lipinski definition) is 2. The van der Waals surface area contributed by atoms with Crippen molar-refractivity contribution in [3.8, 4) is 0 Å². The molecule has 0 radical (unpaired) electrons. The highest BCUT2D eigenvalue weighted by Crippen LogP contribution is 2.30. The van der Waals surface area contributed by atoms with Crippen molar-refractivity contribution in [3.63, 3.8) is 0 Å². The van der Waals surface area contributed by atoms with Crippen LogP contribution in [0.2, 0.25) is 0 Å². The molecule has 1 aliphatic heterocycles. The summed E-state index contributed by atoms with van der Waals surface area (Å²) in [6, 6.07) is 17.9. The number of primary sulfonamides is 1. The maximum atomic E-state index is 13.1. The highest BCUT2D eigenvalue weighted by atomic mass is 32.2. The van der Waals surface area contributed by atoms with E-state index in [-0.39, 0.29) is 16.5 Å². The van der Waals surface area contributed by atoms with E-state index in [0.29, 0.717) is 30.2 Å². The molecule has 9 heteroatoms. The third kappa shape index (κ3) is 4.04. The van der Waals surface area contributed by atoms with E-state index in [9.17, 15) is 13.2 Å². The molecule has 5 rings (SSSR count). The van der Waals surface area contributed by atoms with Crippen LogP contribution in [0, 0.1) is 6.92 Å². The average Bonchev–Trinajstić information content (AvgIpc) is 3.23. The molecule has 8 nitrogen and oxygen atoms in total. The Balaban J connectivity index is 1.57. The maximum Gasteiger partial charge on any atom is 0.259 e. The van der Waals surface area contributed by atoms with Crippen molar-refractivity contribution in [2.24, 2.45) is 5.14 Å². The van der Waals surface area contributed by atoms with E-state index in [0.717, 1.165) is 11.1 Å². The fraction of sp³-hybridized carbons (Fsp3) is 0.200. The lowest BCUT2D eigenvalue weighted by Gasteiger charge is -2.21. The molecule has 3 N–H and O–H groups in total. The number of sulfonamides is 1. The molecule has 0 unspecified atom stereocenters. The summed E-state index contributed by atoms with van der Waals surface area (Å²) in [7, 11) is -3.90. The number of rotatable bonds is 5. The Morgan fingerprint density at radius 1 is 1.03 bits per heavy atom. The molecule has 0 saturated heterocycles. The van der Waals surface area contributed by atoms with Crippen molar-refractivity contribution < 1.29 is 8.42 Å². The number of fused-ring (bicyclic) bond motifs is 2. The third-order valence-corrected chi connectivity index (χ3v) is 7.08. The molecular formula is C25H25N5O3S. The van der Waals surface area contributed by atoms with E-state index >= 15 is 0 Å². The first kappa shape index (κ1) is 22.1. The normalized spacial score (nSPS) is 14.3. The summed E-state index contributed by atoms with van der Waals surface area (Å²) in [5.41, 5.74) is 4.87. The van der Waals surface area contributed by atoms with Gasteiger partial charge in [-0.3, -0.25) is 9.20 Å². The Kier molecular flexibility index (Phi) is 5.38. The molecule has 2 aromatic heterocycles. The number of nitrogens with two attached hydrogens (primary N) is 1. The minimum Gasteiger partial charge on any atom is -0.377 e. The van der Waals surface area contributed by atoms with Gasteiger partial charge in [0, 0.05) is 30.9 Å². The minimum absolute atomic E-state index is 0.0134. The molecule has 1 aliphatic rings. The van der Waals surface area contributed by atoms with Crippen molar-refractivity contribution >= 4 is 27.2 Å². The first-order chi connectivity index (χ1) is 16.2. The lowest BCUT2D eigenvalue weighted by molar-refractivity contribution is 0.598. The summed E-state index contributed by atoms with van der Waals surface area (Å²) in [6.45, 7) is 5.19. The molecule has 34 heavy (non-hydrogen) atoms. The highest BCUT2D eigenvalue weighted by molar-refractivity contribution is 7.89. The largest absolute Gasteiger partial charge is 0.377 e. The summed E-state index contributed by atoms with van der Waals surface area (Å²) < 4.78 is 25.6. The van der Waals surface area contributed by atoms with Crippen LogP contribution in [0.25, 0.3) is 5.65 Å². The van der Waals surface area contributed by atoms with Gasteiger partial charge in [0.15, 0.2) is 0 Å². The smallest absolute Gasteiger partial charge is 0.259 e. The fourth-order valence-electron chi connectivity index (χ4n) is 4.48. The molecule has 0 aliphatic carbocycles. The number of para-hydroxylation sites is 1. The molecule has 0 spiro atoms. The number of nitrogens with one attached hydrogen (secondary N) is 1. The topological polar surface area (TPSA) is 110 Å². The van der Waals surface area contributed by atoms with Crippen molar-refractivity contribution in [2.45, 2.75) is 37.9 Å². The molecule has 3 heterocycles. The van der Waals surface area contributed by atoms with Gasteiger partial charge in [-0.15, -0.1) is 0 Å². The molecule has 2 aromatic carbocycles. The van der Waals surface area contributed by atoms with Gasteiger partial charge in [-0.1, -0.05) is 36.4 Å². The third-order valence-electron chi connectivity index (χ3n) is 6.11. The van der Waals surface area contributed by atoms with Crippen LogP contribution in [0.5, 0.6) is 0 Å². The van der Waals surface area contributed by atoms with Crippen molar-refractivity contribution in [1.29, 1.82) is 0 Å². The zero-order chi connectivity index (χ0) is 24.0. The first-order valence-corrected chi connectivity index (χ1v) is 12.5. The van der Waals surface area contributed by atoms with Gasteiger partial charge in [0.05, 0.1) is 11.7 Å². The second-order valence-corrected chi connectivity index (χ2v) is 10.2. The van der Waals surface area contributed by atoms with Gasteiger partial charge in [-0.25, -0.2) is 18.5 Å². The van der Waals surface area contributed by atoms with Crippen molar-refractivity contribution in [1.82, 2.24) is 9.38 Å². The van der Waals surface area contributed by atoms with Crippen LogP contribution in [-0.2, 0) is 23.1 Å². The zero-order valence-electron chi connectivity index (χ0n) is 18.9. The van der Waals surface area contributed by atoms with Crippen LogP contribution in [-0.4, -0.2) is 17.8 Å². The summed E-state index contributed by atoms with van der Waals surface area (Å²) in [6.07, 6.45) is 1.77. The van der Waals surface area contributed by atoms with Crippen LogP contribution in [0.4, 0.5) is 11.5 Å². The Labute approximate surface area is 197 Å². The molecule has 0 bridgehead atoms. The standard InChI is InChI=1S/C25H25N5O3S/c1-16-11-20(17(2)27-21-9-5-6-10-22(21)34(26,32)33)25-28-23(12-24(31)30(25)13-16)29-14-18-7-3-4-8-19(18)15-29/h3-13,17,27H,14-15H2,1-2H3,(H2,26,32,33)/t17-/m0/s1. The van der Waals surface area contributed by atoms with Crippen LogP contribution in [0.15, 0.2) is 76.6 Å². The van der Waals surface area contributed by atoms with E-state index in [1.807, 2.05) is 32.0 Å². The Hall–Kier alpha value is -3.69. The predicted octanol–water partition coefficient (Wildman–Crippen LogP) is 3.34. The highest BCUT2D eigenvalue weighted by Gasteiger charge is 2.22. The number of nitrogens with zero attached hydrogens (tertiary/aromatic N) is 3. The predicted molar refractivity (Wildman–Crippen MR) is 132 cm³/mol. The van der Waals surface area contributed by atoms with E-state index < -0.39 is 10.0 Å². The van der Waals surface area contributed by atoms with Gasteiger partial charge >= 0.3 is 0 Å². The summed E-state index contributed by atoms with van der Waals surface area (Å²) >= 11 is 0. The summed E-state index contributed by atoms with van der Waals surface area (Å²) in [5, 5.41) is 8.65. The zero-order valence-corrected chi connectivity index (χ0v) is 19.7. The van der Waals surface area contributed by atoms with E-state index in [4.69, 9.17) is 10.1 Å². The van der Waals surface area contributed by atoms with E-state index in [2.05, 4.69) is 22.3 Å². The first-order valence-electron chi connectivity index (χ1n) is 10.9. The summed E-state index contributed by atoms with van der Waals surface area (Å²) in [5.74, 6) is 0.614. The lowest BCUT2D eigenvalue weighted by atomic mass is 10.1. The van der Waals surface area contributed by atoms with Gasteiger partial charge in [0.25, 0.3) is 5.56 Å². The second-order valence-electron chi connectivity index (χ2n) is 8.65. The molecule has 1 atom stereocenters. The van der Waals surface area contributed by atoms with Gasteiger partial charge < -0.3 is 10.2 Å². The van der Waals surface area contributed by atoms with E-state index in [1.54, 1.807) is 34.9 Å². The van der Waals surface area contributed by atoms with Gasteiger partial charge in [-0.05, 0) is 48.7 Å². The number of hydrogen-bond acceptors (Lipinski definition) is 6. The maximum absolute atomic E-state index is 13.1. The molecular weight excluding hydrogens is 450 g/mol. The van der Waals surface area contributed by atoms with Crippen LogP contribution >= 0.6 is 0 Å². The van der Waals surface area contributed by atoms with Gasteiger partial charge in [0.1, 0.15) is 16.4 Å². The van der Waals surface area contributed by atoms with E-state index in [1.165, 1.54) is 17.2 Å². The van der Waals surface area contributed by atoms with Crippen LogP contribution in [0.3, 0.4) is 0 Å². The van der Waals surface area contributed by atoms with Crippen molar-refractivity contribution in [3.05, 3.63) is 99.5 Å². The Bertz CT molecular complexity index is 1550. The minimum atomic E-state index is -3.90. The molecule has 0 saturated carbocycles. The lowest BCUT2D eigenvalue weighted by Crippen LogP contribution is -2.24.